The minimum atomic E-state index is -4.73. The first-order chi connectivity index (χ1) is 15.9. The second-order valence-corrected chi connectivity index (χ2v) is 8.64. The number of para-hydroxylation sites is 1. The van der Waals surface area contributed by atoms with Gasteiger partial charge in [-0.2, -0.15) is 0 Å². The zero-order chi connectivity index (χ0) is 23.0. The Morgan fingerprint density at radius 3 is 2.35 bits per heavy atom. The third-order valence-corrected chi connectivity index (χ3v) is 6.10. The van der Waals surface area contributed by atoms with Crippen LogP contribution >= 0.6 is 0 Å². The molecule has 0 atom stereocenters. The molecule has 0 spiro atoms. The van der Waals surface area contributed by atoms with Crippen LogP contribution in [0, 0.1) is 0 Å². The number of pyridine rings is 2. The summed E-state index contributed by atoms with van der Waals surface area (Å²) < 4.78 is 35.3. The first-order valence-electron chi connectivity index (χ1n) is 9.91. The molecule has 0 unspecified atom stereocenters. The second-order valence-electron chi connectivity index (χ2n) is 7.29. The van der Waals surface area contributed by atoms with Crippen molar-refractivity contribution in [3.05, 3.63) is 85.2 Å². The quantitative estimate of drug-likeness (QED) is 0.183. The van der Waals surface area contributed by atoms with E-state index < -0.39 is 15.0 Å². The minimum absolute atomic E-state index is 0. The molecule has 8 nitrogen and oxygen atoms in total. The summed E-state index contributed by atoms with van der Waals surface area (Å²) in [5.41, 5.74) is 9.39. The summed E-state index contributed by atoms with van der Waals surface area (Å²) in [4.78, 5) is 8.53. The molecule has 0 aliphatic rings. The Balaban J connectivity index is 0.00000274. The molecule has 0 saturated carbocycles. The number of benzene rings is 3. The Bertz CT molecular complexity index is 1650. The Labute approximate surface area is 217 Å². The van der Waals surface area contributed by atoms with Gasteiger partial charge in [0.1, 0.15) is 21.5 Å². The fourth-order valence-electron chi connectivity index (χ4n) is 3.67. The van der Waals surface area contributed by atoms with Crippen LogP contribution in [-0.2, 0) is 10.1 Å². The van der Waals surface area contributed by atoms with E-state index in [9.17, 15) is 13.0 Å². The molecule has 2 aromatic heterocycles. The predicted molar refractivity (Wildman–Crippen MR) is 125 cm³/mol. The number of azo groups is 1. The zero-order valence-electron chi connectivity index (χ0n) is 18.1. The molecule has 0 fully saturated rings. The van der Waals surface area contributed by atoms with Gasteiger partial charge in [-0.25, -0.2) is 8.42 Å². The standard InChI is InChI=1S/C24H17N5O3S.Na/c25-23-18-8-2-1-7-17(18)22(33(30,31)32)13-21(23)29-28-16-10-11-20(27-14-16)19-9-3-5-15-6-4-12-26-24(15)19;/h1-14H,25H2,(H,30,31,32);/q;+1/p-1. The maximum atomic E-state index is 11.8. The van der Waals surface area contributed by atoms with Crippen LogP contribution < -0.4 is 35.3 Å². The van der Waals surface area contributed by atoms with Crippen LogP contribution in [0.1, 0.15) is 0 Å². The Hall–Kier alpha value is -3.21. The van der Waals surface area contributed by atoms with E-state index in [1.807, 2.05) is 30.3 Å². The Morgan fingerprint density at radius 2 is 1.62 bits per heavy atom. The van der Waals surface area contributed by atoms with E-state index in [1.54, 1.807) is 42.7 Å². The van der Waals surface area contributed by atoms with E-state index >= 15 is 0 Å². The normalized spacial score (nSPS) is 11.7. The van der Waals surface area contributed by atoms with Crippen LogP contribution in [0.25, 0.3) is 32.9 Å². The fraction of sp³-hybridized carbons (Fsp3) is 0. The van der Waals surface area contributed by atoms with Crippen LogP contribution in [-0.4, -0.2) is 22.9 Å². The second kappa shape index (κ2) is 9.57. The van der Waals surface area contributed by atoms with Gasteiger partial charge in [0.25, 0.3) is 0 Å². The van der Waals surface area contributed by atoms with Crippen molar-refractivity contribution in [1.29, 1.82) is 0 Å². The van der Waals surface area contributed by atoms with Gasteiger partial charge < -0.3 is 10.3 Å². The van der Waals surface area contributed by atoms with Crippen molar-refractivity contribution >= 4 is 48.9 Å². The predicted octanol–water partition coefficient (Wildman–Crippen LogP) is 2.36. The topological polar surface area (TPSA) is 134 Å². The van der Waals surface area contributed by atoms with Crippen molar-refractivity contribution in [2.75, 3.05) is 5.73 Å². The van der Waals surface area contributed by atoms with Gasteiger partial charge in [0.05, 0.1) is 28.0 Å². The molecular formula is C24H16N5NaO3S. The number of nitrogen functional groups attached to an aromatic ring is 1. The summed E-state index contributed by atoms with van der Waals surface area (Å²) in [5, 5.41) is 9.91. The van der Waals surface area contributed by atoms with Crippen LogP contribution in [0.3, 0.4) is 0 Å². The van der Waals surface area contributed by atoms with Gasteiger partial charge in [-0.1, -0.05) is 48.5 Å². The minimum Gasteiger partial charge on any atom is -0.744 e. The molecule has 0 bridgehead atoms. The van der Waals surface area contributed by atoms with Crippen molar-refractivity contribution in [2.45, 2.75) is 4.90 Å². The number of nitrogens with zero attached hydrogens (tertiary/aromatic N) is 4. The van der Waals surface area contributed by atoms with Gasteiger partial charge in [-0.15, -0.1) is 10.2 Å². The van der Waals surface area contributed by atoms with Crippen LogP contribution in [0.4, 0.5) is 17.1 Å². The molecule has 0 saturated heterocycles. The molecule has 0 radical (unpaired) electrons. The number of hydrogen-bond donors (Lipinski definition) is 1. The number of rotatable bonds is 4. The molecule has 10 heteroatoms. The number of hydrogen-bond acceptors (Lipinski definition) is 8. The van der Waals surface area contributed by atoms with Gasteiger partial charge in [0, 0.05) is 27.9 Å². The number of aromatic nitrogens is 2. The van der Waals surface area contributed by atoms with Crippen molar-refractivity contribution in [3.8, 4) is 11.3 Å². The van der Waals surface area contributed by atoms with E-state index in [4.69, 9.17) is 5.73 Å². The molecule has 162 valence electrons. The van der Waals surface area contributed by atoms with E-state index in [2.05, 4.69) is 20.2 Å². The molecule has 34 heavy (non-hydrogen) atoms. The van der Waals surface area contributed by atoms with Gasteiger partial charge >= 0.3 is 29.6 Å². The summed E-state index contributed by atoms with van der Waals surface area (Å²) in [6.07, 6.45) is 3.28. The molecular weight excluding hydrogens is 461 g/mol. The molecule has 0 amide bonds. The summed E-state index contributed by atoms with van der Waals surface area (Å²) in [7, 11) is -4.73. The van der Waals surface area contributed by atoms with Gasteiger partial charge in [-0.3, -0.25) is 9.97 Å². The fourth-order valence-corrected chi connectivity index (χ4v) is 4.37. The van der Waals surface area contributed by atoms with E-state index in [-0.39, 0.29) is 46.3 Å². The van der Waals surface area contributed by atoms with Crippen LogP contribution in [0.5, 0.6) is 0 Å². The molecule has 5 rings (SSSR count). The van der Waals surface area contributed by atoms with Crippen LogP contribution in [0.2, 0.25) is 0 Å². The first kappa shape index (κ1) is 23.9. The summed E-state index contributed by atoms with van der Waals surface area (Å²) >= 11 is 0. The molecule has 0 aliphatic heterocycles. The SMILES string of the molecule is Nc1c(N=Nc2ccc(-c3cccc4cccnc34)nc2)cc(S(=O)(=O)[O-])c2ccccc12.[Na+]. The van der Waals surface area contributed by atoms with Crippen molar-refractivity contribution in [2.24, 2.45) is 10.2 Å². The van der Waals surface area contributed by atoms with Crippen molar-refractivity contribution in [3.63, 3.8) is 0 Å². The maximum absolute atomic E-state index is 11.8. The number of fused-ring (bicyclic) bond motifs is 2. The largest absolute Gasteiger partial charge is 1.00 e. The summed E-state index contributed by atoms with van der Waals surface area (Å²) in [5.74, 6) is 0. The zero-order valence-corrected chi connectivity index (χ0v) is 20.9. The van der Waals surface area contributed by atoms with Crippen molar-refractivity contribution in [1.82, 2.24) is 9.97 Å². The molecule has 3 aromatic carbocycles. The monoisotopic (exact) mass is 477 g/mol. The number of nitrogens with two attached hydrogens (primary N) is 1. The molecule has 2 N–H and O–H groups in total. The van der Waals surface area contributed by atoms with E-state index in [1.165, 1.54) is 6.07 Å². The summed E-state index contributed by atoms with van der Waals surface area (Å²) in [6.45, 7) is 0. The van der Waals surface area contributed by atoms with Crippen molar-refractivity contribution < 1.29 is 42.5 Å². The summed E-state index contributed by atoms with van der Waals surface area (Å²) in [6, 6.07) is 20.9. The maximum Gasteiger partial charge on any atom is 1.00 e. The molecule has 0 aliphatic carbocycles. The van der Waals surface area contributed by atoms with E-state index in [0.717, 1.165) is 28.2 Å². The average molecular weight is 477 g/mol. The smallest absolute Gasteiger partial charge is 0.744 e. The van der Waals surface area contributed by atoms with Gasteiger partial charge in [-0.05, 0) is 24.3 Å². The number of anilines is 1. The Kier molecular flexibility index (Phi) is 6.74. The molecule has 2 heterocycles. The van der Waals surface area contributed by atoms with E-state index in [0.29, 0.717) is 11.1 Å². The van der Waals surface area contributed by atoms with Gasteiger partial charge in [0.15, 0.2) is 0 Å². The third kappa shape index (κ3) is 4.56. The van der Waals surface area contributed by atoms with Crippen LogP contribution in [0.15, 0.2) is 100 Å². The third-order valence-electron chi connectivity index (χ3n) is 5.23. The first-order valence-corrected chi connectivity index (χ1v) is 11.3. The average Bonchev–Trinajstić information content (AvgIpc) is 2.83. The molecule has 5 aromatic rings. The Morgan fingerprint density at radius 1 is 0.853 bits per heavy atom. The van der Waals surface area contributed by atoms with Gasteiger partial charge in [0.2, 0.25) is 0 Å².